The van der Waals surface area contributed by atoms with Gasteiger partial charge in [0, 0.05) is 17.0 Å². The normalized spacial score (nSPS) is 19.6. The van der Waals surface area contributed by atoms with E-state index in [2.05, 4.69) is 17.3 Å². The SMILES string of the molecule is [C]1=NC=CC1c1occ2ccccc12. The van der Waals surface area contributed by atoms with Gasteiger partial charge in [0.1, 0.15) is 5.76 Å². The first-order chi connectivity index (χ1) is 6.95. The van der Waals surface area contributed by atoms with Gasteiger partial charge >= 0.3 is 0 Å². The van der Waals surface area contributed by atoms with Crippen LogP contribution in [0.15, 0.2) is 52.2 Å². The number of hydrogen-bond donors (Lipinski definition) is 0. The lowest BCUT2D eigenvalue weighted by atomic mass is 10.0. The molecule has 14 heavy (non-hydrogen) atoms. The highest BCUT2D eigenvalue weighted by Gasteiger charge is 2.15. The van der Waals surface area contributed by atoms with Crippen LogP contribution < -0.4 is 0 Å². The van der Waals surface area contributed by atoms with Crippen molar-refractivity contribution in [2.45, 2.75) is 5.92 Å². The second-order valence-corrected chi connectivity index (χ2v) is 3.26. The zero-order chi connectivity index (χ0) is 9.38. The molecule has 0 spiro atoms. The Morgan fingerprint density at radius 3 is 3.07 bits per heavy atom. The van der Waals surface area contributed by atoms with E-state index in [4.69, 9.17) is 4.42 Å². The molecule has 1 aromatic heterocycles. The molecule has 0 N–H and O–H groups in total. The van der Waals surface area contributed by atoms with E-state index in [-0.39, 0.29) is 5.92 Å². The summed E-state index contributed by atoms with van der Waals surface area (Å²) in [6, 6.07) is 8.11. The van der Waals surface area contributed by atoms with E-state index in [0.717, 1.165) is 16.5 Å². The Kier molecular flexibility index (Phi) is 1.53. The maximum atomic E-state index is 5.53. The summed E-state index contributed by atoms with van der Waals surface area (Å²) in [4.78, 5) is 3.94. The molecule has 1 aromatic carbocycles. The highest BCUT2D eigenvalue weighted by molar-refractivity contribution is 5.88. The summed E-state index contributed by atoms with van der Waals surface area (Å²) in [6.45, 7) is 0. The molecule has 3 rings (SSSR count). The molecule has 2 aromatic rings. The van der Waals surface area contributed by atoms with Crippen molar-refractivity contribution >= 4 is 17.0 Å². The third-order valence-electron chi connectivity index (χ3n) is 2.39. The average molecular weight is 182 g/mol. The molecular weight excluding hydrogens is 174 g/mol. The van der Waals surface area contributed by atoms with E-state index in [1.165, 1.54) is 0 Å². The molecule has 1 aliphatic rings. The van der Waals surface area contributed by atoms with Gasteiger partial charge in [-0.25, -0.2) is 0 Å². The summed E-state index contributed by atoms with van der Waals surface area (Å²) in [7, 11) is 0. The lowest BCUT2D eigenvalue weighted by Crippen LogP contribution is -1.90. The van der Waals surface area contributed by atoms with Crippen LogP contribution in [-0.4, -0.2) is 6.21 Å². The van der Waals surface area contributed by atoms with Gasteiger partial charge in [0.15, 0.2) is 0 Å². The Hall–Kier alpha value is -1.83. The van der Waals surface area contributed by atoms with Gasteiger partial charge in [0.25, 0.3) is 0 Å². The van der Waals surface area contributed by atoms with Gasteiger partial charge in [-0.15, -0.1) is 0 Å². The highest BCUT2D eigenvalue weighted by atomic mass is 16.3. The summed E-state index contributed by atoms with van der Waals surface area (Å²) in [5.41, 5.74) is 0. The monoisotopic (exact) mass is 182 g/mol. The van der Waals surface area contributed by atoms with Gasteiger partial charge in [-0.1, -0.05) is 24.3 Å². The first-order valence-corrected chi connectivity index (χ1v) is 4.53. The summed E-state index contributed by atoms with van der Waals surface area (Å²) < 4.78 is 5.53. The molecular formula is C12H8NO. The summed E-state index contributed by atoms with van der Waals surface area (Å²) in [6.07, 6.45) is 8.48. The van der Waals surface area contributed by atoms with Crippen molar-refractivity contribution < 1.29 is 4.42 Å². The van der Waals surface area contributed by atoms with Crippen molar-refractivity contribution in [3.8, 4) is 0 Å². The number of furan rings is 1. The number of allylic oxidation sites excluding steroid dienone is 1. The molecule has 1 unspecified atom stereocenters. The maximum absolute atomic E-state index is 5.53. The largest absolute Gasteiger partial charge is 0.467 e. The molecule has 1 atom stereocenters. The van der Waals surface area contributed by atoms with Crippen molar-refractivity contribution in [1.82, 2.24) is 0 Å². The Morgan fingerprint density at radius 2 is 2.21 bits per heavy atom. The van der Waals surface area contributed by atoms with Crippen LogP contribution in [0.4, 0.5) is 0 Å². The minimum atomic E-state index is 0.0786. The van der Waals surface area contributed by atoms with E-state index in [0.29, 0.717) is 0 Å². The molecule has 1 radical (unpaired) electrons. The summed E-state index contributed by atoms with van der Waals surface area (Å²) in [5, 5.41) is 2.27. The Bertz CT molecular complexity index is 510. The van der Waals surface area contributed by atoms with Gasteiger partial charge in [-0.3, -0.25) is 4.99 Å². The van der Waals surface area contributed by atoms with Crippen molar-refractivity contribution in [2.24, 2.45) is 4.99 Å². The first-order valence-electron chi connectivity index (χ1n) is 4.53. The molecule has 0 bridgehead atoms. The second-order valence-electron chi connectivity index (χ2n) is 3.26. The molecule has 0 amide bonds. The van der Waals surface area contributed by atoms with Crippen molar-refractivity contribution in [3.63, 3.8) is 0 Å². The zero-order valence-electron chi connectivity index (χ0n) is 7.47. The lowest BCUT2D eigenvalue weighted by Gasteiger charge is -1.98. The minimum absolute atomic E-state index is 0.0786. The van der Waals surface area contributed by atoms with Crippen LogP contribution in [-0.2, 0) is 0 Å². The van der Waals surface area contributed by atoms with Gasteiger partial charge in [0.05, 0.1) is 18.4 Å². The summed E-state index contributed by atoms with van der Waals surface area (Å²) in [5.74, 6) is 1.01. The number of hydrogen-bond acceptors (Lipinski definition) is 2. The molecule has 67 valence electrons. The second kappa shape index (κ2) is 2.84. The van der Waals surface area contributed by atoms with Gasteiger partial charge in [-0.05, 0) is 6.08 Å². The fourth-order valence-electron chi connectivity index (χ4n) is 1.70. The molecule has 0 saturated carbocycles. The number of fused-ring (bicyclic) bond motifs is 1. The van der Waals surface area contributed by atoms with Gasteiger partial charge in [0.2, 0.25) is 0 Å². The predicted molar refractivity (Wildman–Crippen MR) is 55.5 cm³/mol. The Labute approximate surface area is 81.6 Å². The van der Waals surface area contributed by atoms with Crippen LogP contribution >= 0.6 is 0 Å². The van der Waals surface area contributed by atoms with Crippen LogP contribution in [0.2, 0.25) is 0 Å². The molecule has 2 heteroatoms. The van der Waals surface area contributed by atoms with E-state index in [1.807, 2.05) is 24.3 Å². The quantitative estimate of drug-likeness (QED) is 0.665. The number of aliphatic imine (C=N–C) groups is 1. The number of rotatable bonds is 1. The average Bonchev–Trinajstić information content (AvgIpc) is 2.85. The zero-order valence-corrected chi connectivity index (χ0v) is 7.47. The van der Waals surface area contributed by atoms with Crippen molar-refractivity contribution in [2.75, 3.05) is 0 Å². The molecule has 1 aliphatic heterocycles. The lowest BCUT2D eigenvalue weighted by molar-refractivity contribution is 0.522. The third kappa shape index (κ3) is 1.01. The molecule has 2 heterocycles. The van der Waals surface area contributed by atoms with Crippen molar-refractivity contribution in [1.29, 1.82) is 0 Å². The molecule has 0 aliphatic carbocycles. The van der Waals surface area contributed by atoms with Crippen LogP contribution in [0, 0.1) is 0 Å². The van der Waals surface area contributed by atoms with Crippen molar-refractivity contribution in [3.05, 3.63) is 48.6 Å². The van der Waals surface area contributed by atoms with Crippen LogP contribution in [0.5, 0.6) is 0 Å². The van der Waals surface area contributed by atoms with E-state index >= 15 is 0 Å². The van der Waals surface area contributed by atoms with E-state index in [9.17, 15) is 0 Å². The number of nitrogens with zero attached hydrogens (tertiary/aromatic N) is 1. The van der Waals surface area contributed by atoms with E-state index < -0.39 is 0 Å². The predicted octanol–water partition coefficient (Wildman–Crippen LogP) is 2.99. The van der Waals surface area contributed by atoms with Crippen LogP contribution in [0.25, 0.3) is 10.8 Å². The first kappa shape index (κ1) is 7.56. The molecule has 0 saturated heterocycles. The van der Waals surface area contributed by atoms with Crippen LogP contribution in [0.3, 0.4) is 0 Å². The Morgan fingerprint density at radius 1 is 1.29 bits per heavy atom. The smallest absolute Gasteiger partial charge is 0.124 e. The van der Waals surface area contributed by atoms with Gasteiger partial charge < -0.3 is 4.42 Å². The standard InChI is InChI=1S/C12H8NO/c1-2-4-11-10(3-1)8-14-12(11)9-5-6-13-7-9/h1-6,8-9H. The summed E-state index contributed by atoms with van der Waals surface area (Å²) >= 11 is 0. The fourth-order valence-corrected chi connectivity index (χ4v) is 1.70. The minimum Gasteiger partial charge on any atom is -0.467 e. The molecule has 0 fully saturated rings. The topological polar surface area (TPSA) is 25.5 Å². The molecule has 2 nitrogen and oxygen atoms in total. The van der Waals surface area contributed by atoms with E-state index in [1.54, 1.807) is 12.5 Å². The van der Waals surface area contributed by atoms with Crippen LogP contribution in [0.1, 0.15) is 11.7 Å². The highest BCUT2D eigenvalue weighted by Crippen LogP contribution is 2.28. The maximum Gasteiger partial charge on any atom is 0.124 e. The Balaban J connectivity index is 2.21. The van der Waals surface area contributed by atoms with Gasteiger partial charge in [-0.2, -0.15) is 0 Å². The number of benzene rings is 1. The fraction of sp³-hybridized carbons (Fsp3) is 0.0833. The third-order valence-corrected chi connectivity index (χ3v) is 2.39.